The Hall–Kier alpha value is -3.78. The summed E-state index contributed by atoms with van der Waals surface area (Å²) in [5.41, 5.74) is 0.220. The van der Waals surface area contributed by atoms with Crippen LogP contribution in [0.1, 0.15) is 49.0 Å². The zero-order chi connectivity index (χ0) is 27.4. The minimum atomic E-state index is -1.84. The molecule has 0 saturated heterocycles. The van der Waals surface area contributed by atoms with Gasteiger partial charge in [0.1, 0.15) is 27.8 Å². The molecule has 0 saturated carbocycles. The molecule has 2 aromatic carbocycles. The predicted octanol–water partition coefficient (Wildman–Crippen LogP) is 4.76. The van der Waals surface area contributed by atoms with Crippen molar-refractivity contribution in [2.45, 2.75) is 44.8 Å². The van der Waals surface area contributed by atoms with Gasteiger partial charge in [0.05, 0.1) is 20.3 Å². The summed E-state index contributed by atoms with van der Waals surface area (Å²) in [6.45, 7) is 5.31. The van der Waals surface area contributed by atoms with Crippen LogP contribution in [0.3, 0.4) is 0 Å². The molecule has 1 aliphatic carbocycles. The van der Waals surface area contributed by atoms with Gasteiger partial charge < -0.3 is 24.3 Å². The van der Waals surface area contributed by atoms with Gasteiger partial charge >= 0.3 is 5.97 Å². The van der Waals surface area contributed by atoms with E-state index in [-0.39, 0.29) is 46.1 Å². The number of nitrogens with one attached hydrogen (secondary N) is 1. The van der Waals surface area contributed by atoms with Crippen LogP contribution < -0.4 is 19.5 Å². The van der Waals surface area contributed by atoms with E-state index in [4.69, 9.17) is 30.5 Å². The second-order valence-corrected chi connectivity index (χ2v) is 10.2. The number of ketones is 2. The summed E-state index contributed by atoms with van der Waals surface area (Å²) in [4.78, 5) is 41.4. The van der Waals surface area contributed by atoms with Gasteiger partial charge in [-0.25, -0.2) is 4.79 Å². The molecule has 9 heteroatoms. The summed E-state index contributed by atoms with van der Waals surface area (Å²) in [5.74, 6) is -2.18. The summed E-state index contributed by atoms with van der Waals surface area (Å²) in [6, 6.07) is 10.8. The van der Waals surface area contributed by atoms with Crippen LogP contribution in [0.15, 0.2) is 59.4 Å². The van der Waals surface area contributed by atoms with Gasteiger partial charge in [-0.05, 0) is 31.9 Å². The lowest BCUT2D eigenvalue weighted by molar-refractivity contribution is -0.143. The average molecular weight is 538 g/mol. The third kappa shape index (κ3) is 3.77. The number of carbonyl (C=O) groups excluding carboxylic acids is 3. The topological polar surface area (TPSA) is 100 Å². The van der Waals surface area contributed by atoms with Crippen molar-refractivity contribution >= 4 is 29.1 Å². The number of ether oxygens (including phenoxy) is 4. The van der Waals surface area contributed by atoms with Crippen LogP contribution >= 0.6 is 11.6 Å². The number of rotatable bonds is 5. The van der Waals surface area contributed by atoms with E-state index in [1.54, 1.807) is 26.8 Å². The van der Waals surface area contributed by atoms with Crippen molar-refractivity contribution in [3.63, 3.8) is 0 Å². The molecule has 1 spiro atoms. The van der Waals surface area contributed by atoms with Crippen LogP contribution in [-0.4, -0.2) is 43.5 Å². The summed E-state index contributed by atoms with van der Waals surface area (Å²) < 4.78 is 22.5. The zero-order valence-electron chi connectivity index (χ0n) is 21.7. The standard InChI is InChI=1S/C29H28ClNO7/c1-14(2)37-28(34)19-12-17(16-9-7-6-8-10-16)22-18(31-19)11-15(3)29(26(22)32)27(33)23-20(35-4)13-21(36-5)24(30)25(23)38-29/h6-10,12-15,17,31H,11H2,1-5H3/t15-,17?,29+/m1/s1. The van der Waals surface area contributed by atoms with E-state index in [0.29, 0.717) is 11.3 Å². The van der Waals surface area contributed by atoms with E-state index in [9.17, 15) is 14.4 Å². The largest absolute Gasteiger partial charge is 0.496 e. The second kappa shape index (κ2) is 9.51. The number of fused-ring (bicyclic) bond motifs is 1. The first-order chi connectivity index (χ1) is 18.1. The lowest BCUT2D eigenvalue weighted by Crippen LogP contribution is -2.58. The Labute approximate surface area is 225 Å². The smallest absolute Gasteiger partial charge is 0.354 e. The van der Waals surface area contributed by atoms with Crippen LogP contribution in [0.2, 0.25) is 5.02 Å². The first-order valence-electron chi connectivity index (χ1n) is 12.3. The van der Waals surface area contributed by atoms with Crippen molar-refractivity contribution < 1.29 is 33.3 Å². The molecule has 2 heterocycles. The predicted molar refractivity (Wildman–Crippen MR) is 140 cm³/mol. The highest BCUT2D eigenvalue weighted by atomic mass is 35.5. The molecule has 2 aromatic rings. The minimum absolute atomic E-state index is 0.0638. The molecule has 1 unspecified atom stereocenters. The zero-order valence-corrected chi connectivity index (χ0v) is 22.5. The van der Waals surface area contributed by atoms with Crippen LogP contribution in [0.5, 0.6) is 17.2 Å². The number of esters is 1. The number of hydrogen-bond donors (Lipinski definition) is 1. The van der Waals surface area contributed by atoms with Gasteiger partial charge in [-0.15, -0.1) is 0 Å². The summed E-state index contributed by atoms with van der Waals surface area (Å²) in [5, 5.41) is 3.21. The molecule has 0 bridgehead atoms. The quantitative estimate of drug-likeness (QED) is 0.430. The van der Waals surface area contributed by atoms with Crippen LogP contribution in [-0.2, 0) is 14.3 Å². The molecule has 8 nitrogen and oxygen atoms in total. The molecule has 0 radical (unpaired) electrons. The Morgan fingerprint density at radius 1 is 1.11 bits per heavy atom. The minimum Gasteiger partial charge on any atom is -0.496 e. The highest BCUT2D eigenvalue weighted by Gasteiger charge is 2.63. The van der Waals surface area contributed by atoms with Crippen LogP contribution in [0.25, 0.3) is 0 Å². The third-order valence-electron chi connectivity index (χ3n) is 7.18. The number of benzene rings is 2. The maximum absolute atomic E-state index is 14.5. The van der Waals surface area contributed by atoms with E-state index < -0.39 is 35.0 Å². The van der Waals surface area contributed by atoms with Crippen molar-refractivity contribution in [2.24, 2.45) is 5.92 Å². The first kappa shape index (κ1) is 25.9. The van der Waals surface area contributed by atoms with Gasteiger partial charge in [-0.3, -0.25) is 9.59 Å². The van der Waals surface area contributed by atoms with Crippen molar-refractivity contribution in [1.29, 1.82) is 0 Å². The Morgan fingerprint density at radius 2 is 1.79 bits per heavy atom. The van der Waals surface area contributed by atoms with E-state index in [1.807, 2.05) is 30.3 Å². The van der Waals surface area contributed by atoms with Crippen LogP contribution in [0, 0.1) is 5.92 Å². The summed E-state index contributed by atoms with van der Waals surface area (Å²) in [6.07, 6.45) is 1.63. The van der Waals surface area contributed by atoms with Gasteiger partial charge in [0.2, 0.25) is 17.2 Å². The van der Waals surface area contributed by atoms with Crippen molar-refractivity contribution in [3.8, 4) is 17.2 Å². The number of methoxy groups -OCH3 is 2. The normalized spacial score (nSPS) is 23.9. The maximum Gasteiger partial charge on any atom is 0.354 e. The molecule has 38 heavy (non-hydrogen) atoms. The molecule has 0 amide bonds. The van der Waals surface area contributed by atoms with E-state index in [0.717, 1.165) is 5.56 Å². The summed E-state index contributed by atoms with van der Waals surface area (Å²) >= 11 is 6.55. The molecule has 3 aliphatic rings. The highest BCUT2D eigenvalue weighted by Crippen LogP contribution is 2.55. The van der Waals surface area contributed by atoms with E-state index in [2.05, 4.69) is 5.32 Å². The number of Topliss-reactive ketones (excluding diaryl/α,β-unsaturated/α-hetero) is 2. The summed E-state index contributed by atoms with van der Waals surface area (Å²) in [7, 11) is 2.87. The molecular weight excluding hydrogens is 510 g/mol. The van der Waals surface area contributed by atoms with Gasteiger partial charge in [0.15, 0.2) is 5.75 Å². The number of allylic oxidation sites excluding steroid dienone is 2. The third-order valence-corrected chi connectivity index (χ3v) is 7.54. The van der Waals surface area contributed by atoms with Gasteiger partial charge in [-0.2, -0.15) is 0 Å². The Morgan fingerprint density at radius 3 is 2.42 bits per heavy atom. The van der Waals surface area contributed by atoms with E-state index in [1.165, 1.54) is 20.3 Å². The fourth-order valence-electron chi connectivity index (χ4n) is 5.42. The number of carbonyl (C=O) groups is 3. The lowest BCUT2D eigenvalue weighted by atomic mass is 9.67. The lowest BCUT2D eigenvalue weighted by Gasteiger charge is -2.41. The Kier molecular flexibility index (Phi) is 6.47. The second-order valence-electron chi connectivity index (χ2n) is 9.84. The molecule has 3 atom stereocenters. The van der Waals surface area contributed by atoms with Crippen molar-refractivity contribution in [2.75, 3.05) is 14.2 Å². The molecule has 5 rings (SSSR count). The van der Waals surface area contributed by atoms with Gasteiger partial charge in [0.25, 0.3) is 0 Å². The SMILES string of the molecule is COc1cc(OC)c2c(c1Cl)O[C@@]1(C(=O)C3=C(C[C@H]1C)NC(C(=O)OC(C)C)=CC3c1ccccc1)C2=O. The van der Waals surface area contributed by atoms with Crippen molar-refractivity contribution in [3.05, 3.63) is 75.6 Å². The monoisotopic (exact) mass is 537 g/mol. The number of dihydropyridines is 1. The Balaban J connectivity index is 1.64. The maximum atomic E-state index is 14.5. The molecule has 0 fully saturated rings. The first-order valence-corrected chi connectivity index (χ1v) is 12.7. The number of hydrogen-bond acceptors (Lipinski definition) is 8. The molecule has 0 aromatic heterocycles. The fraction of sp³-hybridized carbons (Fsp3) is 0.345. The van der Waals surface area contributed by atoms with Gasteiger partial charge in [-0.1, -0.05) is 48.9 Å². The average Bonchev–Trinajstić information content (AvgIpc) is 3.22. The Bertz CT molecular complexity index is 1410. The van der Waals surface area contributed by atoms with Crippen molar-refractivity contribution in [1.82, 2.24) is 5.32 Å². The number of halogens is 1. The van der Waals surface area contributed by atoms with Gasteiger partial charge in [0, 0.05) is 29.2 Å². The fourth-order valence-corrected chi connectivity index (χ4v) is 5.68. The highest BCUT2D eigenvalue weighted by molar-refractivity contribution is 6.36. The molecule has 1 N–H and O–H groups in total. The molecule has 198 valence electrons. The van der Waals surface area contributed by atoms with Crippen LogP contribution in [0.4, 0.5) is 0 Å². The molecule has 2 aliphatic heterocycles. The molecular formula is C29H28ClNO7. The van der Waals surface area contributed by atoms with E-state index >= 15 is 0 Å².